The highest BCUT2D eigenvalue weighted by Gasteiger charge is 2.25. The van der Waals surface area contributed by atoms with Crippen LogP contribution >= 0.6 is 11.3 Å². The molecule has 0 bridgehead atoms. The average Bonchev–Trinajstić information content (AvgIpc) is 4.03. The smallest absolute Gasteiger partial charge is 0.164 e. The zero-order valence-corrected chi connectivity index (χ0v) is 33.8. The van der Waals surface area contributed by atoms with E-state index in [1.165, 1.54) is 14.8 Å². The summed E-state index contributed by atoms with van der Waals surface area (Å²) < 4.78 is 15.8. The van der Waals surface area contributed by atoms with Crippen molar-refractivity contribution in [2.45, 2.75) is 0 Å². The van der Waals surface area contributed by atoms with Crippen LogP contribution in [0.2, 0.25) is 0 Å². The van der Waals surface area contributed by atoms with Gasteiger partial charge < -0.3 is 13.7 Å². The third-order valence-electron chi connectivity index (χ3n) is 11.9. The maximum Gasteiger partial charge on any atom is 0.164 e. The van der Waals surface area contributed by atoms with E-state index in [0.29, 0.717) is 17.5 Å². The lowest BCUT2D eigenvalue weighted by Crippen LogP contribution is -2.10. The van der Waals surface area contributed by atoms with Crippen LogP contribution in [0.1, 0.15) is 0 Å². The van der Waals surface area contributed by atoms with Gasteiger partial charge in [0.05, 0.1) is 11.4 Å². The molecule has 62 heavy (non-hydrogen) atoms. The van der Waals surface area contributed by atoms with Gasteiger partial charge >= 0.3 is 0 Å². The second-order valence-electron chi connectivity index (χ2n) is 15.5. The Morgan fingerprint density at radius 1 is 0.387 bits per heavy atom. The molecular weight excluding hydrogens is 781 g/mol. The zero-order chi connectivity index (χ0) is 40.7. The number of furan rings is 2. The molecule has 0 fully saturated rings. The van der Waals surface area contributed by atoms with Crippen LogP contribution in [0.4, 0.5) is 17.1 Å². The lowest BCUT2D eigenvalue weighted by Gasteiger charge is -2.26. The van der Waals surface area contributed by atoms with Gasteiger partial charge in [0.1, 0.15) is 16.7 Å². The Morgan fingerprint density at radius 3 is 1.92 bits per heavy atom. The van der Waals surface area contributed by atoms with Crippen LogP contribution in [-0.4, -0.2) is 15.0 Å². The number of hydrogen-bond donors (Lipinski definition) is 0. The highest BCUT2D eigenvalue weighted by atomic mass is 32.1. The molecule has 9 aromatic carbocycles. The molecule has 0 saturated heterocycles. The molecule has 7 heteroatoms. The minimum absolute atomic E-state index is 0.544. The Morgan fingerprint density at radius 2 is 1.05 bits per heavy atom. The second kappa shape index (κ2) is 13.7. The number of aromatic nitrogens is 3. The van der Waals surface area contributed by atoms with Gasteiger partial charge in [0.25, 0.3) is 0 Å². The second-order valence-corrected chi connectivity index (χ2v) is 16.6. The van der Waals surface area contributed by atoms with Crippen LogP contribution in [0.25, 0.3) is 109 Å². The Bertz CT molecular complexity index is 3900. The Labute approximate surface area is 358 Å². The number of rotatable bonds is 6. The van der Waals surface area contributed by atoms with Crippen molar-refractivity contribution in [3.05, 3.63) is 194 Å². The van der Waals surface area contributed by atoms with E-state index in [4.69, 9.17) is 23.8 Å². The van der Waals surface area contributed by atoms with Crippen molar-refractivity contribution >= 4 is 103 Å². The Balaban J connectivity index is 1.12. The molecule has 0 aliphatic heterocycles. The van der Waals surface area contributed by atoms with E-state index in [1.807, 2.05) is 30.3 Å². The largest absolute Gasteiger partial charge is 0.456 e. The quantitative estimate of drug-likeness (QED) is 0.167. The molecule has 0 aliphatic carbocycles. The van der Waals surface area contributed by atoms with Crippen molar-refractivity contribution < 1.29 is 8.83 Å². The molecule has 0 aliphatic rings. The van der Waals surface area contributed by atoms with Crippen molar-refractivity contribution in [2.24, 2.45) is 0 Å². The summed E-state index contributed by atoms with van der Waals surface area (Å²) in [6, 6.07) is 67.2. The van der Waals surface area contributed by atoms with Crippen molar-refractivity contribution in [3.63, 3.8) is 0 Å². The first-order valence-electron chi connectivity index (χ1n) is 20.6. The lowest BCUT2D eigenvalue weighted by molar-refractivity contribution is 0.667. The van der Waals surface area contributed by atoms with Gasteiger partial charge in [-0.2, -0.15) is 0 Å². The molecule has 0 N–H and O–H groups in total. The third kappa shape index (κ3) is 5.45. The molecule has 13 rings (SSSR count). The van der Waals surface area contributed by atoms with Crippen molar-refractivity contribution in [1.29, 1.82) is 0 Å². The molecular formula is C55H32N4O2S. The fraction of sp³-hybridized carbons (Fsp3) is 0. The van der Waals surface area contributed by atoms with E-state index >= 15 is 0 Å². The summed E-state index contributed by atoms with van der Waals surface area (Å²) in [6.45, 7) is 0. The first-order chi connectivity index (χ1) is 30.7. The molecule has 6 nitrogen and oxygen atoms in total. The van der Waals surface area contributed by atoms with Crippen molar-refractivity contribution in [3.8, 4) is 34.2 Å². The van der Waals surface area contributed by atoms with Gasteiger partial charge in [0.2, 0.25) is 0 Å². The molecule has 290 valence electrons. The SMILES string of the molecule is c1ccc(N(c2cc(-c3nc(-c4ccc5ccccc5c4)nc(-c4cccc5sc6ccccc6c45)n3)c3c(c2)oc2ccccc23)c2cccc3c2oc2ccccc23)cc1. The highest BCUT2D eigenvalue weighted by molar-refractivity contribution is 7.25. The van der Waals surface area contributed by atoms with Crippen LogP contribution < -0.4 is 4.90 Å². The van der Waals surface area contributed by atoms with Gasteiger partial charge in [-0.1, -0.05) is 133 Å². The maximum absolute atomic E-state index is 6.77. The number of thiophene rings is 1. The molecule has 0 radical (unpaired) electrons. The van der Waals surface area contributed by atoms with Gasteiger partial charge in [-0.05, 0) is 65.4 Å². The van der Waals surface area contributed by atoms with Gasteiger partial charge in [0.15, 0.2) is 23.1 Å². The summed E-state index contributed by atoms with van der Waals surface area (Å²) in [4.78, 5) is 18.4. The summed E-state index contributed by atoms with van der Waals surface area (Å²) >= 11 is 1.78. The lowest BCUT2D eigenvalue weighted by atomic mass is 10.0. The Kier molecular flexibility index (Phi) is 7.67. The maximum atomic E-state index is 6.77. The topological polar surface area (TPSA) is 68.2 Å². The van der Waals surface area contributed by atoms with Crippen LogP contribution in [0.5, 0.6) is 0 Å². The predicted octanol–water partition coefficient (Wildman–Crippen LogP) is 15.7. The fourth-order valence-electron chi connectivity index (χ4n) is 9.09. The molecule has 0 unspecified atom stereocenters. The fourth-order valence-corrected chi connectivity index (χ4v) is 10.2. The monoisotopic (exact) mass is 812 g/mol. The summed E-state index contributed by atoms with van der Waals surface area (Å²) in [6.07, 6.45) is 0. The first-order valence-corrected chi connectivity index (χ1v) is 21.4. The predicted molar refractivity (Wildman–Crippen MR) is 256 cm³/mol. The number of fused-ring (bicyclic) bond motifs is 10. The minimum atomic E-state index is 0.544. The molecule has 4 heterocycles. The number of nitrogens with zero attached hydrogens (tertiary/aromatic N) is 4. The summed E-state index contributed by atoms with van der Waals surface area (Å²) in [5.41, 5.74) is 8.55. The van der Waals surface area contributed by atoms with E-state index in [0.717, 1.165) is 93.8 Å². The van der Waals surface area contributed by atoms with Crippen LogP contribution in [0.15, 0.2) is 203 Å². The van der Waals surface area contributed by atoms with E-state index in [1.54, 1.807) is 11.3 Å². The molecule has 0 saturated carbocycles. The van der Waals surface area contributed by atoms with Crippen molar-refractivity contribution in [2.75, 3.05) is 4.90 Å². The van der Waals surface area contributed by atoms with E-state index in [-0.39, 0.29) is 0 Å². The summed E-state index contributed by atoms with van der Waals surface area (Å²) in [5.74, 6) is 1.74. The van der Waals surface area contributed by atoms with Crippen LogP contribution in [-0.2, 0) is 0 Å². The summed E-state index contributed by atoms with van der Waals surface area (Å²) in [5, 5.41) is 8.61. The molecule has 0 amide bonds. The zero-order valence-electron chi connectivity index (χ0n) is 33.0. The number of anilines is 3. The normalized spacial score (nSPS) is 11.9. The van der Waals surface area contributed by atoms with Gasteiger partial charge in [-0.25, -0.2) is 15.0 Å². The van der Waals surface area contributed by atoms with E-state index < -0.39 is 0 Å². The molecule has 0 atom stereocenters. The van der Waals surface area contributed by atoms with Gasteiger partial charge in [0, 0.05) is 70.2 Å². The minimum Gasteiger partial charge on any atom is -0.456 e. The van der Waals surface area contributed by atoms with E-state index in [2.05, 4.69) is 169 Å². The van der Waals surface area contributed by atoms with Crippen LogP contribution in [0, 0.1) is 0 Å². The molecule has 4 aromatic heterocycles. The first kappa shape index (κ1) is 34.7. The summed E-state index contributed by atoms with van der Waals surface area (Å²) in [7, 11) is 0. The van der Waals surface area contributed by atoms with E-state index in [9.17, 15) is 0 Å². The van der Waals surface area contributed by atoms with Gasteiger partial charge in [-0.15, -0.1) is 11.3 Å². The van der Waals surface area contributed by atoms with Gasteiger partial charge in [-0.3, -0.25) is 0 Å². The Hall–Kier alpha value is -8.13. The number of para-hydroxylation sites is 4. The number of benzene rings is 9. The standard InChI is InChI=1S/C55H32N4O2S/c1-2-16-36(17-3-1)59(44-23-12-21-39-38-18-6-9-24-45(38)61-52(39)44)37-31-43(50-40-19-7-10-25-46(40)60-47(50)32-37)55-57-53(35-29-28-33-14-4-5-15-34(33)30-35)56-54(58-55)42-22-13-27-49-51(42)41-20-8-11-26-48(41)62-49/h1-32H. The molecule has 13 aromatic rings. The van der Waals surface area contributed by atoms with Crippen LogP contribution in [0.3, 0.4) is 0 Å². The third-order valence-corrected chi connectivity index (χ3v) is 13.0. The molecule has 0 spiro atoms. The average molecular weight is 813 g/mol. The number of hydrogen-bond acceptors (Lipinski definition) is 7. The highest BCUT2D eigenvalue weighted by Crippen LogP contribution is 2.47. The van der Waals surface area contributed by atoms with Crippen molar-refractivity contribution in [1.82, 2.24) is 15.0 Å².